The van der Waals surface area contributed by atoms with Gasteiger partial charge in [0.2, 0.25) is 0 Å². The fourth-order valence-corrected chi connectivity index (χ4v) is 2.59. The normalized spacial score (nSPS) is 12.9. The molecule has 0 aliphatic rings. The molecule has 3 aromatic rings. The number of aryl methyl sites for hydroxylation is 1. The second kappa shape index (κ2) is 6.05. The Kier molecular flexibility index (Phi) is 3.96. The van der Waals surface area contributed by atoms with Crippen molar-refractivity contribution in [1.29, 1.82) is 0 Å². The highest BCUT2D eigenvalue weighted by molar-refractivity contribution is 5.55. The van der Waals surface area contributed by atoms with E-state index in [9.17, 15) is 0 Å². The molecule has 3 heterocycles. The molecule has 0 saturated carbocycles. The maximum Gasteiger partial charge on any atom is 0.0896 e. The molecule has 1 unspecified atom stereocenters. The lowest BCUT2D eigenvalue weighted by Crippen LogP contribution is -2.25. The Morgan fingerprint density at radius 1 is 1.19 bits per heavy atom. The Morgan fingerprint density at radius 3 is 2.90 bits per heavy atom. The van der Waals surface area contributed by atoms with E-state index in [0.717, 1.165) is 36.3 Å². The lowest BCUT2D eigenvalue weighted by molar-refractivity contribution is 0.531. The molecule has 21 heavy (non-hydrogen) atoms. The molecule has 1 atom stereocenters. The molecule has 0 radical (unpaired) electrons. The van der Waals surface area contributed by atoms with E-state index in [2.05, 4.69) is 40.4 Å². The van der Waals surface area contributed by atoms with Crippen LogP contribution < -0.4 is 5.32 Å². The van der Waals surface area contributed by atoms with Gasteiger partial charge in [0.15, 0.2) is 0 Å². The number of nitrogens with zero attached hydrogens (tertiary/aromatic N) is 5. The van der Waals surface area contributed by atoms with Crippen molar-refractivity contribution in [2.45, 2.75) is 32.9 Å². The summed E-state index contributed by atoms with van der Waals surface area (Å²) in [5.41, 5.74) is 3.31. The van der Waals surface area contributed by atoms with E-state index in [1.165, 1.54) is 0 Å². The van der Waals surface area contributed by atoms with E-state index < -0.39 is 0 Å². The van der Waals surface area contributed by atoms with Crippen LogP contribution in [0.5, 0.6) is 0 Å². The van der Waals surface area contributed by atoms with Crippen molar-refractivity contribution >= 4 is 5.52 Å². The second-order valence-corrected chi connectivity index (χ2v) is 4.97. The van der Waals surface area contributed by atoms with Crippen LogP contribution in [0.15, 0.2) is 37.1 Å². The van der Waals surface area contributed by atoms with Crippen LogP contribution in [0.4, 0.5) is 0 Å². The van der Waals surface area contributed by atoms with E-state index in [4.69, 9.17) is 0 Å². The summed E-state index contributed by atoms with van der Waals surface area (Å²) < 4.78 is 3.88. The second-order valence-electron chi connectivity index (χ2n) is 4.97. The molecule has 0 amide bonds. The number of rotatable bonds is 6. The number of fused-ring (bicyclic) bond motifs is 1. The molecule has 0 spiro atoms. The molecule has 6 heteroatoms. The third kappa shape index (κ3) is 2.54. The Morgan fingerprint density at radius 2 is 2.10 bits per heavy atom. The van der Waals surface area contributed by atoms with Crippen LogP contribution in [-0.2, 0) is 6.54 Å². The first-order valence-electron chi connectivity index (χ1n) is 7.37. The van der Waals surface area contributed by atoms with Crippen LogP contribution in [0, 0.1) is 0 Å². The SMILES string of the molecule is CCCNC(c1cnn2ccncc12)c1ccnn1CC. The first kappa shape index (κ1) is 13.8. The largest absolute Gasteiger partial charge is 0.305 e. The summed E-state index contributed by atoms with van der Waals surface area (Å²) in [6.45, 7) is 6.06. The predicted octanol–water partition coefficient (Wildman–Crippen LogP) is 2.03. The highest BCUT2D eigenvalue weighted by Crippen LogP contribution is 2.25. The van der Waals surface area contributed by atoms with Crippen LogP contribution in [0.3, 0.4) is 0 Å². The average molecular weight is 284 g/mol. The fraction of sp³-hybridized carbons (Fsp3) is 0.400. The topological polar surface area (TPSA) is 60.0 Å². The molecule has 3 rings (SSSR count). The molecule has 0 fully saturated rings. The Hall–Kier alpha value is -2.21. The van der Waals surface area contributed by atoms with Gasteiger partial charge in [-0.15, -0.1) is 0 Å². The Balaban J connectivity index is 2.07. The fourth-order valence-electron chi connectivity index (χ4n) is 2.59. The van der Waals surface area contributed by atoms with Crippen molar-refractivity contribution < 1.29 is 0 Å². The number of aromatic nitrogens is 5. The van der Waals surface area contributed by atoms with Crippen molar-refractivity contribution in [1.82, 2.24) is 29.7 Å². The summed E-state index contributed by atoms with van der Waals surface area (Å²) in [6, 6.07) is 2.14. The van der Waals surface area contributed by atoms with E-state index in [-0.39, 0.29) is 6.04 Å². The van der Waals surface area contributed by atoms with Crippen molar-refractivity contribution in [2.24, 2.45) is 0 Å². The van der Waals surface area contributed by atoms with Gasteiger partial charge < -0.3 is 5.32 Å². The summed E-state index contributed by atoms with van der Waals surface area (Å²) in [5.74, 6) is 0. The molecule has 110 valence electrons. The van der Waals surface area contributed by atoms with Crippen LogP contribution in [-0.4, -0.2) is 30.9 Å². The van der Waals surface area contributed by atoms with Crippen LogP contribution in [0.25, 0.3) is 5.52 Å². The third-order valence-corrected chi connectivity index (χ3v) is 3.61. The summed E-state index contributed by atoms with van der Waals surface area (Å²) in [5, 5.41) is 12.4. The highest BCUT2D eigenvalue weighted by Gasteiger charge is 2.21. The number of hydrogen-bond acceptors (Lipinski definition) is 4. The Bertz CT molecular complexity index is 714. The monoisotopic (exact) mass is 284 g/mol. The molecule has 0 bridgehead atoms. The summed E-state index contributed by atoms with van der Waals surface area (Å²) in [6.07, 6.45) is 10.3. The van der Waals surface area contributed by atoms with Crippen LogP contribution in [0.2, 0.25) is 0 Å². The molecule has 0 aromatic carbocycles. The van der Waals surface area contributed by atoms with Crippen molar-refractivity contribution in [3.8, 4) is 0 Å². The van der Waals surface area contributed by atoms with Gasteiger partial charge in [-0.2, -0.15) is 10.2 Å². The minimum absolute atomic E-state index is 0.0779. The quantitative estimate of drug-likeness (QED) is 0.752. The third-order valence-electron chi connectivity index (χ3n) is 3.61. The maximum atomic E-state index is 4.42. The molecular formula is C15H20N6. The molecule has 1 N–H and O–H groups in total. The van der Waals surface area contributed by atoms with Gasteiger partial charge in [0, 0.05) is 30.7 Å². The van der Waals surface area contributed by atoms with Gasteiger partial charge in [-0.1, -0.05) is 6.92 Å². The van der Waals surface area contributed by atoms with Gasteiger partial charge in [-0.05, 0) is 26.0 Å². The van der Waals surface area contributed by atoms with E-state index >= 15 is 0 Å². The number of hydrogen-bond donors (Lipinski definition) is 1. The zero-order chi connectivity index (χ0) is 14.7. The minimum Gasteiger partial charge on any atom is -0.305 e. The zero-order valence-electron chi connectivity index (χ0n) is 12.4. The van der Waals surface area contributed by atoms with E-state index in [1.807, 2.05) is 34.0 Å². The minimum atomic E-state index is 0.0779. The van der Waals surface area contributed by atoms with Gasteiger partial charge in [-0.3, -0.25) is 9.67 Å². The lowest BCUT2D eigenvalue weighted by Gasteiger charge is -2.19. The van der Waals surface area contributed by atoms with E-state index in [1.54, 1.807) is 6.20 Å². The van der Waals surface area contributed by atoms with Crippen LogP contribution in [0.1, 0.15) is 37.6 Å². The molecule has 6 nitrogen and oxygen atoms in total. The molecule has 0 aliphatic carbocycles. The van der Waals surface area contributed by atoms with Crippen LogP contribution >= 0.6 is 0 Å². The summed E-state index contributed by atoms with van der Waals surface area (Å²) >= 11 is 0. The lowest BCUT2D eigenvalue weighted by atomic mass is 10.1. The van der Waals surface area contributed by atoms with Gasteiger partial charge in [0.05, 0.1) is 29.6 Å². The predicted molar refractivity (Wildman–Crippen MR) is 81.0 cm³/mol. The summed E-state index contributed by atoms with van der Waals surface area (Å²) in [4.78, 5) is 4.22. The number of nitrogens with one attached hydrogen (secondary N) is 1. The molecule has 0 saturated heterocycles. The average Bonchev–Trinajstić information content (AvgIpc) is 3.15. The van der Waals surface area contributed by atoms with Crippen molar-refractivity contribution in [3.05, 3.63) is 48.3 Å². The van der Waals surface area contributed by atoms with E-state index in [0.29, 0.717) is 0 Å². The molecule has 3 aromatic heterocycles. The van der Waals surface area contributed by atoms with Gasteiger partial charge in [0.1, 0.15) is 0 Å². The van der Waals surface area contributed by atoms with Gasteiger partial charge in [0.25, 0.3) is 0 Å². The summed E-state index contributed by atoms with van der Waals surface area (Å²) in [7, 11) is 0. The van der Waals surface area contributed by atoms with Gasteiger partial charge >= 0.3 is 0 Å². The Labute approximate surface area is 123 Å². The van der Waals surface area contributed by atoms with Crippen molar-refractivity contribution in [2.75, 3.05) is 6.54 Å². The first-order valence-corrected chi connectivity index (χ1v) is 7.37. The smallest absolute Gasteiger partial charge is 0.0896 e. The highest BCUT2D eigenvalue weighted by atomic mass is 15.3. The van der Waals surface area contributed by atoms with Gasteiger partial charge in [-0.25, -0.2) is 4.52 Å². The molecule has 0 aliphatic heterocycles. The zero-order valence-corrected chi connectivity index (χ0v) is 12.4. The molecular weight excluding hydrogens is 264 g/mol. The standard InChI is InChI=1S/C15H20N6/c1-3-6-17-15(13-5-7-18-20(13)4-2)12-10-19-21-9-8-16-11-14(12)21/h5,7-11,15,17H,3-4,6H2,1-2H3. The maximum absolute atomic E-state index is 4.42. The first-order chi connectivity index (χ1) is 10.3. The van der Waals surface area contributed by atoms with Crippen molar-refractivity contribution in [3.63, 3.8) is 0 Å².